The molecule has 1 aliphatic carbocycles. The summed E-state index contributed by atoms with van der Waals surface area (Å²) in [5, 5.41) is 10.2. The molecule has 2 aromatic rings. The Hall–Kier alpha value is -2.99. The zero-order valence-electron chi connectivity index (χ0n) is 24.0. The average molecular weight is 554 g/mol. The van der Waals surface area contributed by atoms with E-state index in [1.807, 2.05) is 24.3 Å². The molecule has 4 rings (SSSR count). The van der Waals surface area contributed by atoms with E-state index < -0.39 is 5.92 Å². The van der Waals surface area contributed by atoms with E-state index >= 15 is 0 Å². The number of likely N-dealkylation sites (tertiary alicyclic amines) is 1. The van der Waals surface area contributed by atoms with Gasteiger partial charge in [-0.25, -0.2) is 8.78 Å². The number of rotatable bonds is 11. The maximum atomic E-state index is 13.9. The van der Waals surface area contributed by atoms with Gasteiger partial charge in [-0.05, 0) is 90.1 Å². The molecule has 0 amide bonds. The number of hydrogen-bond acceptors (Lipinski definition) is 3. The van der Waals surface area contributed by atoms with Crippen molar-refractivity contribution in [3.63, 3.8) is 0 Å². The molecule has 1 heterocycles. The van der Waals surface area contributed by atoms with E-state index in [-0.39, 0.29) is 24.1 Å². The number of allylic oxidation sites excluding steroid dienone is 6. The summed E-state index contributed by atoms with van der Waals surface area (Å²) in [6, 6.07) is 12.2. The molecule has 1 N–H and O–H groups in total. The topological polar surface area (TPSA) is 32.7 Å². The summed E-state index contributed by atoms with van der Waals surface area (Å²) >= 11 is 0. The van der Waals surface area contributed by atoms with Gasteiger partial charge in [0.2, 0.25) is 0 Å². The van der Waals surface area contributed by atoms with E-state index in [0.717, 1.165) is 104 Å². The predicted octanol–water partition coefficient (Wildman–Crippen LogP) is 8.83. The lowest BCUT2D eigenvalue weighted by molar-refractivity contribution is 0.0174. The Balaban J connectivity index is 1.72. The minimum absolute atomic E-state index is 0.00597. The number of hydrogen-bond donors (Lipinski definition) is 1. The van der Waals surface area contributed by atoms with Crippen molar-refractivity contribution in [3.05, 3.63) is 88.2 Å². The van der Waals surface area contributed by atoms with Crippen LogP contribution >= 0.6 is 0 Å². The number of nitrogens with zero attached hydrogens (tertiary/aromatic N) is 1. The minimum Gasteiger partial charge on any atom is -0.508 e. The first kappa shape index (κ1) is 30.0. The number of ether oxygens (including phenoxy) is 1. The fraction of sp³-hybridized carbons (Fsp3) is 0.471. The lowest BCUT2D eigenvalue weighted by Gasteiger charge is -2.20. The normalized spacial score (nSPS) is 19.1. The van der Waals surface area contributed by atoms with Crippen LogP contribution in [0, 0.1) is 0 Å². The Bertz CT molecular complexity index is 1240. The SMILES string of the molecule is CC/C(=C\C=C(/CC)C1=C(c2ccc(C(C)(F)F)cc2)CCCc2cc(O)ccc21)O[C@H]1CCN(CCCF)C1. The van der Waals surface area contributed by atoms with E-state index in [0.29, 0.717) is 6.42 Å². The average Bonchev–Trinajstić information content (AvgIpc) is 3.30. The Morgan fingerprint density at radius 1 is 1.07 bits per heavy atom. The molecule has 216 valence electrons. The molecule has 2 aliphatic rings. The van der Waals surface area contributed by atoms with Gasteiger partial charge in [-0.15, -0.1) is 0 Å². The molecule has 1 atom stereocenters. The molecule has 0 bridgehead atoms. The molecule has 0 spiro atoms. The van der Waals surface area contributed by atoms with Gasteiger partial charge >= 0.3 is 0 Å². The fourth-order valence-corrected chi connectivity index (χ4v) is 5.80. The Kier molecular flexibility index (Phi) is 10.2. The van der Waals surface area contributed by atoms with E-state index in [4.69, 9.17) is 4.74 Å². The van der Waals surface area contributed by atoms with Crippen LogP contribution in [0.3, 0.4) is 0 Å². The van der Waals surface area contributed by atoms with Crippen molar-refractivity contribution >= 4 is 11.1 Å². The number of phenols is 1. The standard InChI is InChI=1S/C34H42F3NO2/c1-4-24(12-16-29(5-2)40-30-18-21-38(23-30)20-7-19-35)33-31(25-10-13-27(14-11-25)34(3,36)37)9-6-8-26-22-28(39)15-17-32(26)33/h10-17,22,30,39H,4-9,18-21,23H2,1-3H3/b24-12+,29-16+/t30-/m0/s1. The number of benzene rings is 2. The van der Waals surface area contributed by atoms with Crippen LogP contribution in [-0.2, 0) is 17.1 Å². The molecule has 0 unspecified atom stereocenters. The Morgan fingerprint density at radius 2 is 1.85 bits per heavy atom. The second-order valence-electron chi connectivity index (χ2n) is 10.9. The van der Waals surface area contributed by atoms with Crippen molar-refractivity contribution in [2.75, 3.05) is 26.3 Å². The summed E-state index contributed by atoms with van der Waals surface area (Å²) < 4.78 is 46.8. The maximum Gasteiger partial charge on any atom is 0.270 e. The molecular formula is C34H42F3NO2. The molecule has 2 aromatic carbocycles. The van der Waals surface area contributed by atoms with Crippen LogP contribution in [0.1, 0.15) is 81.5 Å². The van der Waals surface area contributed by atoms with Gasteiger partial charge in [-0.2, -0.15) is 0 Å². The van der Waals surface area contributed by atoms with Gasteiger partial charge < -0.3 is 9.84 Å². The third-order valence-corrected chi connectivity index (χ3v) is 7.95. The molecular weight excluding hydrogens is 511 g/mol. The van der Waals surface area contributed by atoms with Gasteiger partial charge in [0.05, 0.1) is 12.4 Å². The van der Waals surface area contributed by atoms with Crippen molar-refractivity contribution in [2.24, 2.45) is 0 Å². The summed E-state index contributed by atoms with van der Waals surface area (Å²) in [6.07, 6.45) is 9.89. The predicted molar refractivity (Wildman–Crippen MR) is 157 cm³/mol. The number of aryl methyl sites for hydroxylation is 1. The number of alkyl halides is 3. The van der Waals surface area contributed by atoms with Gasteiger partial charge in [0.25, 0.3) is 5.92 Å². The number of phenolic OH excluding ortho intramolecular Hbond substituents is 1. The van der Waals surface area contributed by atoms with Gasteiger partial charge in [0, 0.05) is 38.5 Å². The van der Waals surface area contributed by atoms with Gasteiger partial charge in [0.1, 0.15) is 11.9 Å². The largest absolute Gasteiger partial charge is 0.508 e. The number of aromatic hydroxyl groups is 1. The van der Waals surface area contributed by atoms with Gasteiger partial charge in [-0.1, -0.05) is 50.3 Å². The molecule has 1 fully saturated rings. The first-order valence-electron chi connectivity index (χ1n) is 14.6. The second-order valence-corrected chi connectivity index (χ2v) is 10.9. The second kappa shape index (κ2) is 13.6. The minimum atomic E-state index is -2.89. The summed E-state index contributed by atoms with van der Waals surface area (Å²) in [4.78, 5) is 2.26. The van der Waals surface area contributed by atoms with Crippen LogP contribution in [-0.4, -0.2) is 42.4 Å². The Labute approximate surface area is 237 Å². The highest BCUT2D eigenvalue weighted by Gasteiger charge is 2.26. The van der Waals surface area contributed by atoms with Crippen LogP contribution in [0.15, 0.2) is 65.9 Å². The summed E-state index contributed by atoms with van der Waals surface area (Å²) in [6.45, 7) is 7.36. The molecule has 0 radical (unpaired) electrons. The first-order chi connectivity index (χ1) is 19.2. The van der Waals surface area contributed by atoms with Crippen LogP contribution < -0.4 is 0 Å². The highest BCUT2D eigenvalue weighted by molar-refractivity contribution is 5.99. The monoisotopic (exact) mass is 553 g/mol. The van der Waals surface area contributed by atoms with E-state index in [2.05, 4.69) is 30.9 Å². The summed E-state index contributed by atoms with van der Waals surface area (Å²) in [7, 11) is 0. The van der Waals surface area contributed by atoms with Crippen LogP contribution in [0.5, 0.6) is 5.75 Å². The van der Waals surface area contributed by atoms with Crippen molar-refractivity contribution < 1.29 is 23.0 Å². The number of fused-ring (bicyclic) bond motifs is 1. The first-order valence-corrected chi connectivity index (χ1v) is 14.6. The summed E-state index contributed by atoms with van der Waals surface area (Å²) in [5.41, 5.74) is 6.50. The zero-order chi connectivity index (χ0) is 28.7. The van der Waals surface area contributed by atoms with Gasteiger partial charge in [-0.3, -0.25) is 9.29 Å². The van der Waals surface area contributed by atoms with E-state index in [1.165, 1.54) is 12.1 Å². The molecule has 3 nitrogen and oxygen atoms in total. The molecule has 1 aliphatic heterocycles. The third-order valence-electron chi connectivity index (χ3n) is 7.95. The van der Waals surface area contributed by atoms with E-state index in [1.54, 1.807) is 6.07 Å². The quantitative estimate of drug-likeness (QED) is 0.223. The third kappa shape index (κ3) is 7.39. The smallest absolute Gasteiger partial charge is 0.270 e. The lowest BCUT2D eigenvalue weighted by Crippen LogP contribution is -2.24. The molecule has 6 heteroatoms. The highest BCUT2D eigenvalue weighted by Crippen LogP contribution is 2.42. The maximum absolute atomic E-state index is 13.9. The zero-order valence-corrected chi connectivity index (χ0v) is 24.0. The summed E-state index contributed by atoms with van der Waals surface area (Å²) in [5.74, 6) is -1.72. The van der Waals surface area contributed by atoms with Crippen molar-refractivity contribution in [3.8, 4) is 5.75 Å². The van der Waals surface area contributed by atoms with Gasteiger partial charge in [0.15, 0.2) is 0 Å². The van der Waals surface area contributed by atoms with Crippen LogP contribution in [0.25, 0.3) is 11.1 Å². The molecule has 0 aromatic heterocycles. The number of halogens is 3. The fourth-order valence-electron chi connectivity index (χ4n) is 5.80. The molecule has 1 saturated heterocycles. The van der Waals surface area contributed by atoms with Crippen LogP contribution in [0.2, 0.25) is 0 Å². The van der Waals surface area contributed by atoms with Crippen LogP contribution in [0.4, 0.5) is 13.2 Å². The lowest BCUT2D eigenvalue weighted by atomic mass is 9.86. The molecule has 0 saturated carbocycles. The molecule has 40 heavy (non-hydrogen) atoms. The van der Waals surface area contributed by atoms with Crippen molar-refractivity contribution in [1.29, 1.82) is 0 Å². The Morgan fingerprint density at radius 3 is 2.52 bits per heavy atom. The van der Waals surface area contributed by atoms with E-state index in [9.17, 15) is 18.3 Å². The van der Waals surface area contributed by atoms with Crippen molar-refractivity contribution in [1.82, 2.24) is 4.90 Å². The highest BCUT2D eigenvalue weighted by atomic mass is 19.3. The van der Waals surface area contributed by atoms with Crippen molar-refractivity contribution in [2.45, 2.75) is 77.7 Å².